The highest BCUT2D eigenvalue weighted by Crippen LogP contribution is 2.26. The van der Waals surface area contributed by atoms with Gasteiger partial charge in [-0.05, 0) is 38.0 Å². The summed E-state index contributed by atoms with van der Waals surface area (Å²) in [6, 6.07) is 7.72. The van der Waals surface area contributed by atoms with Gasteiger partial charge in [0.25, 0.3) is 5.91 Å². The highest BCUT2D eigenvalue weighted by molar-refractivity contribution is 5.97. The van der Waals surface area contributed by atoms with Gasteiger partial charge in [-0.15, -0.1) is 0 Å². The maximum Gasteiger partial charge on any atom is 0.255 e. The van der Waals surface area contributed by atoms with Crippen molar-refractivity contribution in [2.24, 2.45) is 0 Å². The Morgan fingerprint density at radius 1 is 1.15 bits per heavy atom. The Hall–Kier alpha value is -2.76. The van der Waals surface area contributed by atoms with E-state index in [1.54, 1.807) is 17.9 Å². The van der Waals surface area contributed by atoms with Gasteiger partial charge in [0.1, 0.15) is 17.6 Å². The van der Waals surface area contributed by atoms with Crippen molar-refractivity contribution in [3.05, 3.63) is 53.0 Å². The first-order chi connectivity index (χ1) is 13.0. The average Bonchev–Trinajstić information content (AvgIpc) is 3.09. The van der Waals surface area contributed by atoms with Gasteiger partial charge in [-0.1, -0.05) is 18.2 Å². The highest BCUT2D eigenvalue weighted by atomic mass is 16.5. The van der Waals surface area contributed by atoms with Crippen molar-refractivity contribution < 1.29 is 18.7 Å². The lowest BCUT2D eigenvalue weighted by Crippen LogP contribution is -2.46. The van der Waals surface area contributed by atoms with Crippen LogP contribution < -0.4 is 10.1 Å². The molecule has 2 amide bonds. The molecule has 1 aliphatic rings. The number of para-hydroxylation sites is 1. The molecule has 6 heteroatoms. The maximum absolute atomic E-state index is 12.4. The van der Waals surface area contributed by atoms with Crippen molar-refractivity contribution in [3.8, 4) is 5.75 Å². The predicted molar refractivity (Wildman–Crippen MR) is 102 cm³/mol. The average molecular weight is 370 g/mol. The fourth-order valence-electron chi connectivity index (χ4n) is 3.36. The number of aryl methyl sites for hydroxylation is 3. The molecule has 1 fully saturated rings. The Kier molecular flexibility index (Phi) is 5.84. The second kappa shape index (κ2) is 8.29. The number of carbonyl (C=O) groups excluding carboxylic acids is 2. The third-order valence-corrected chi connectivity index (χ3v) is 4.99. The quantitative estimate of drug-likeness (QED) is 0.878. The van der Waals surface area contributed by atoms with Crippen molar-refractivity contribution in [1.29, 1.82) is 0 Å². The number of nitrogens with one attached hydrogen (secondary N) is 1. The van der Waals surface area contributed by atoms with Gasteiger partial charge < -0.3 is 19.4 Å². The normalized spacial score (nSPS) is 14.9. The first-order valence-electron chi connectivity index (χ1n) is 9.28. The molecule has 0 spiro atoms. The van der Waals surface area contributed by atoms with Gasteiger partial charge in [-0.2, -0.15) is 0 Å². The third-order valence-electron chi connectivity index (χ3n) is 4.99. The van der Waals surface area contributed by atoms with Crippen LogP contribution in [0.5, 0.6) is 5.75 Å². The van der Waals surface area contributed by atoms with Crippen molar-refractivity contribution in [2.75, 3.05) is 19.6 Å². The Morgan fingerprint density at radius 3 is 2.41 bits per heavy atom. The summed E-state index contributed by atoms with van der Waals surface area (Å²) in [7, 11) is 0. The minimum atomic E-state index is -0.289. The second-order valence-electron chi connectivity index (χ2n) is 6.99. The fraction of sp³-hybridized carbons (Fsp3) is 0.429. The van der Waals surface area contributed by atoms with E-state index in [4.69, 9.17) is 9.15 Å². The summed E-state index contributed by atoms with van der Waals surface area (Å²) in [5, 5.41) is 2.67. The molecule has 1 aromatic heterocycles. The van der Waals surface area contributed by atoms with Crippen LogP contribution in [-0.2, 0) is 4.79 Å². The molecule has 0 unspecified atom stereocenters. The number of hydrogen-bond acceptors (Lipinski definition) is 4. The molecule has 0 atom stereocenters. The fourth-order valence-corrected chi connectivity index (χ4v) is 3.36. The molecule has 1 aliphatic heterocycles. The molecule has 2 aromatic rings. The first-order valence-corrected chi connectivity index (χ1v) is 9.28. The van der Waals surface area contributed by atoms with Gasteiger partial charge in [0.2, 0.25) is 5.91 Å². The maximum atomic E-state index is 12.4. The van der Waals surface area contributed by atoms with E-state index in [2.05, 4.69) is 5.32 Å². The SMILES string of the molecule is Cc1cccc(C)c1OC1CCN(C(=O)CNC(=O)c2ccoc2C)CC1. The zero-order valence-corrected chi connectivity index (χ0v) is 16.1. The number of rotatable bonds is 5. The molecule has 6 nitrogen and oxygen atoms in total. The standard InChI is InChI=1S/C21H26N2O4/c1-14-5-4-6-15(2)20(14)27-17-7-10-23(11-8-17)19(24)13-22-21(25)18-9-12-26-16(18)3/h4-6,9,12,17H,7-8,10-11,13H2,1-3H3,(H,22,25). The summed E-state index contributed by atoms with van der Waals surface area (Å²) >= 11 is 0. The van der Waals surface area contributed by atoms with Gasteiger partial charge in [0.05, 0.1) is 18.4 Å². The van der Waals surface area contributed by atoms with E-state index in [1.807, 2.05) is 32.0 Å². The number of piperidine rings is 1. The molecular formula is C21H26N2O4. The van der Waals surface area contributed by atoms with Gasteiger partial charge in [-0.3, -0.25) is 9.59 Å². The summed E-state index contributed by atoms with van der Waals surface area (Å²) in [6.45, 7) is 7.07. The molecule has 2 heterocycles. The van der Waals surface area contributed by atoms with Crippen molar-refractivity contribution >= 4 is 11.8 Å². The molecule has 0 radical (unpaired) electrons. The van der Waals surface area contributed by atoms with Crippen molar-refractivity contribution in [2.45, 2.75) is 39.7 Å². The van der Waals surface area contributed by atoms with Crippen LogP contribution in [0.3, 0.4) is 0 Å². The molecule has 1 saturated heterocycles. The second-order valence-corrected chi connectivity index (χ2v) is 6.99. The monoisotopic (exact) mass is 370 g/mol. The van der Waals surface area contributed by atoms with Gasteiger partial charge in [0.15, 0.2) is 0 Å². The molecule has 0 saturated carbocycles. The zero-order valence-electron chi connectivity index (χ0n) is 16.1. The Bertz CT molecular complexity index is 799. The Morgan fingerprint density at radius 2 is 1.81 bits per heavy atom. The first kappa shape index (κ1) is 19.0. The number of amides is 2. The van der Waals surface area contributed by atoms with Gasteiger partial charge >= 0.3 is 0 Å². The number of likely N-dealkylation sites (tertiary alicyclic amines) is 1. The Balaban J connectivity index is 1.47. The third kappa shape index (κ3) is 4.51. The van der Waals surface area contributed by atoms with Crippen LogP contribution in [0.1, 0.15) is 40.1 Å². The van der Waals surface area contributed by atoms with Crippen LogP contribution in [0.25, 0.3) is 0 Å². The van der Waals surface area contributed by atoms with E-state index < -0.39 is 0 Å². The topological polar surface area (TPSA) is 71.8 Å². The molecule has 1 N–H and O–H groups in total. The molecule has 144 valence electrons. The smallest absolute Gasteiger partial charge is 0.255 e. The van der Waals surface area contributed by atoms with Gasteiger partial charge in [0, 0.05) is 25.9 Å². The molecule has 3 rings (SSSR count). The summed E-state index contributed by atoms with van der Waals surface area (Å²) in [5.41, 5.74) is 2.72. The summed E-state index contributed by atoms with van der Waals surface area (Å²) in [5.74, 6) is 1.13. The number of benzene rings is 1. The predicted octanol–water partition coefficient (Wildman–Crippen LogP) is 3.00. The molecule has 1 aromatic carbocycles. The molecule has 0 bridgehead atoms. The molecule has 0 aliphatic carbocycles. The van der Waals surface area contributed by atoms with E-state index in [9.17, 15) is 9.59 Å². The highest BCUT2D eigenvalue weighted by Gasteiger charge is 2.25. The van der Waals surface area contributed by atoms with Crippen LogP contribution in [-0.4, -0.2) is 42.5 Å². The lowest BCUT2D eigenvalue weighted by molar-refractivity contribution is -0.131. The zero-order chi connectivity index (χ0) is 19.4. The van der Waals surface area contributed by atoms with Crippen molar-refractivity contribution in [3.63, 3.8) is 0 Å². The molecular weight excluding hydrogens is 344 g/mol. The number of hydrogen-bond donors (Lipinski definition) is 1. The van der Waals surface area contributed by atoms with E-state index in [1.165, 1.54) is 6.26 Å². The van der Waals surface area contributed by atoms with Crippen LogP contribution in [0.15, 0.2) is 34.9 Å². The van der Waals surface area contributed by atoms with E-state index >= 15 is 0 Å². The number of nitrogens with zero attached hydrogens (tertiary/aromatic N) is 1. The minimum Gasteiger partial charge on any atom is -0.490 e. The number of carbonyl (C=O) groups is 2. The summed E-state index contributed by atoms with van der Waals surface area (Å²) in [6.07, 6.45) is 3.15. The van der Waals surface area contributed by atoms with E-state index in [0.717, 1.165) is 29.7 Å². The lowest BCUT2D eigenvalue weighted by atomic mass is 10.1. The molecule has 27 heavy (non-hydrogen) atoms. The van der Waals surface area contributed by atoms with Gasteiger partial charge in [-0.25, -0.2) is 0 Å². The van der Waals surface area contributed by atoms with Crippen LogP contribution in [0.2, 0.25) is 0 Å². The number of furan rings is 1. The van der Waals surface area contributed by atoms with E-state index in [-0.39, 0.29) is 24.5 Å². The van der Waals surface area contributed by atoms with Crippen molar-refractivity contribution in [1.82, 2.24) is 10.2 Å². The van der Waals surface area contributed by atoms with Crippen LogP contribution in [0, 0.1) is 20.8 Å². The summed E-state index contributed by atoms with van der Waals surface area (Å²) in [4.78, 5) is 26.2. The number of ether oxygens (including phenoxy) is 1. The summed E-state index contributed by atoms with van der Waals surface area (Å²) < 4.78 is 11.3. The van der Waals surface area contributed by atoms with Crippen LogP contribution in [0.4, 0.5) is 0 Å². The minimum absolute atomic E-state index is 0.00806. The lowest BCUT2D eigenvalue weighted by Gasteiger charge is -2.33. The Labute approximate surface area is 159 Å². The largest absolute Gasteiger partial charge is 0.490 e. The van der Waals surface area contributed by atoms with E-state index in [0.29, 0.717) is 24.4 Å². The van der Waals surface area contributed by atoms with Crippen LogP contribution >= 0.6 is 0 Å².